The predicted octanol–water partition coefficient (Wildman–Crippen LogP) is 4.65. The molecule has 0 radical (unpaired) electrons. The Bertz CT molecular complexity index is 519. The van der Waals surface area contributed by atoms with Crippen LogP contribution in [0.1, 0.15) is 57.0 Å². The van der Waals surface area contributed by atoms with Gasteiger partial charge in [0.05, 0.1) is 6.26 Å². The van der Waals surface area contributed by atoms with Crippen LogP contribution in [0.25, 0.3) is 0 Å². The Morgan fingerprint density at radius 2 is 1.81 bits per heavy atom. The second-order valence-corrected chi connectivity index (χ2v) is 5.50. The highest BCUT2D eigenvalue weighted by Crippen LogP contribution is 2.27. The highest BCUT2D eigenvalue weighted by Gasteiger charge is 2.23. The fraction of sp³-hybridized carbons (Fsp3) is 0.444. The molecule has 3 unspecified atom stereocenters. The van der Waals surface area contributed by atoms with Crippen molar-refractivity contribution in [2.24, 2.45) is 5.73 Å². The lowest BCUT2D eigenvalue weighted by atomic mass is 9.99. The molecule has 114 valence electrons. The van der Waals surface area contributed by atoms with Gasteiger partial charge in [-0.25, -0.2) is 0 Å². The van der Waals surface area contributed by atoms with Gasteiger partial charge in [0.15, 0.2) is 6.10 Å². The molecule has 3 atom stereocenters. The Labute approximate surface area is 127 Å². The molecule has 0 aliphatic rings. The number of hydrogen-bond acceptors (Lipinski definition) is 3. The summed E-state index contributed by atoms with van der Waals surface area (Å²) in [5, 5.41) is 0. The van der Waals surface area contributed by atoms with E-state index in [4.69, 9.17) is 14.9 Å². The third-order valence-corrected chi connectivity index (χ3v) is 4.01. The normalized spacial score (nSPS) is 15.4. The van der Waals surface area contributed by atoms with E-state index in [0.29, 0.717) is 5.92 Å². The molecule has 0 aliphatic carbocycles. The van der Waals surface area contributed by atoms with Gasteiger partial charge in [-0.1, -0.05) is 32.9 Å². The van der Waals surface area contributed by atoms with E-state index in [1.165, 1.54) is 5.56 Å². The van der Waals surface area contributed by atoms with Gasteiger partial charge in [-0.05, 0) is 48.6 Å². The molecule has 21 heavy (non-hydrogen) atoms. The molecule has 2 aromatic rings. The third-order valence-electron chi connectivity index (χ3n) is 4.01. The van der Waals surface area contributed by atoms with E-state index in [1.54, 1.807) is 6.26 Å². The maximum absolute atomic E-state index is 6.17. The van der Waals surface area contributed by atoms with Crippen LogP contribution in [0.3, 0.4) is 0 Å². The van der Waals surface area contributed by atoms with Crippen molar-refractivity contribution in [1.82, 2.24) is 0 Å². The number of ether oxygens (including phenoxy) is 1. The second-order valence-electron chi connectivity index (χ2n) is 5.50. The molecule has 0 amide bonds. The van der Waals surface area contributed by atoms with Crippen molar-refractivity contribution in [1.29, 1.82) is 0 Å². The molecule has 2 N–H and O–H groups in total. The van der Waals surface area contributed by atoms with Crippen molar-refractivity contribution in [3.8, 4) is 5.75 Å². The molecule has 3 nitrogen and oxygen atoms in total. The molecule has 0 fully saturated rings. The molecule has 1 aromatic carbocycles. The van der Waals surface area contributed by atoms with Gasteiger partial charge in [0.2, 0.25) is 0 Å². The average Bonchev–Trinajstić information content (AvgIpc) is 3.05. The van der Waals surface area contributed by atoms with E-state index >= 15 is 0 Å². The highest BCUT2D eigenvalue weighted by atomic mass is 16.5. The van der Waals surface area contributed by atoms with Gasteiger partial charge in [-0.2, -0.15) is 0 Å². The Morgan fingerprint density at radius 3 is 2.33 bits per heavy atom. The van der Waals surface area contributed by atoms with Crippen molar-refractivity contribution in [2.45, 2.75) is 51.7 Å². The molecule has 0 bridgehead atoms. The van der Waals surface area contributed by atoms with Crippen LogP contribution in [0.4, 0.5) is 0 Å². The molecule has 3 heteroatoms. The van der Waals surface area contributed by atoms with Crippen LogP contribution in [0.2, 0.25) is 0 Å². The van der Waals surface area contributed by atoms with Crippen LogP contribution < -0.4 is 10.5 Å². The molecular weight excluding hydrogens is 262 g/mol. The van der Waals surface area contributed by atoms with Crippen LogP contribution >= 0.6 is 0 Å². The molecule has 2 rings (SSSR count). The van der Waals surface area contributed by atoms with Crippen molar-refractivity contribution in [3.63, 3.8) is 0 Å². The molecule has 0 aliphatic heterocycles. The zero-order chi connectivity index (χ0) is 15.2. The first-order valence-corrected chi connectivity index (χ1v) is 7.71. The van der Waals surface area contributed by atoms with Crippen LogP contribution in [-0.4, -0.2) is 6.04 Å². The topological polar surface area (TPSA) is 48.4 Å². The first-order valence-electron chi connectivity index (χ1n) is 7.71. The summed E-state index contributed by atoms with van der Waals surface area (Å²) in [7, 11) is 0. The van der Waals surface area contributed by atoms with Gasteiger partial charge >= 0.3 is 0 Å². The Hall–Kier alpha value is -1.74. The van der Waals surface area contributed by atoms with E-state index < -0.39 is 0 Å². The molecule has 0 saturated heterocycles. The SMILES string of the molecule is CCC(C)c1ccc(OC(c2ccco2)C(N)CC)cc1. The molecule has 0 spiro atoms. The summed E-state index contributed by atoms with van der Waals surface area (Å²) in [4.78, 5) is 0. The first kappa shape index (κ1) is 15.6. The minimum absolute atomic E-state index is 0.0922. The molecular formula is C18H25NO2. The summed E-state index contributed by atoms with van der Waals surface area (Å²) < 4.78 is 11.5. The highest BCUT2D eigenvalue weighted by molar-refractivity contribution is 5.29. The zero-order valence-corrected chi connectivity index (χ0v) is 13.1. The maximum atomic E-state index is 6.17. The smallest absolute Gasteiger partial charge is 0.171 e. The minimum Gasteiger partial charge on any atom is -0.481 e. The van der Waals surface area contributed by atoms with Crippen molar-refractivity contribution >= 4 is 0 Å². The Balaban J connectivity index is 2.13. The maximum Gasteiger partial charge on any atom is 0.171 e. The van der Waals surface area contributed by atoms with Gasteiger partial charge in [0.1, 0.15) is 11.5 Å². The van der Waals surface area contributed by atoms with Crippen molar-refractivity contribution in [2.75, 3.05) is 0 Å². The van der Waals surface area contributed by atoms with Crippen LogP contribution in [0.5, 0.6) is 5.75 Å². The average molecular weight is 287 g/mol. The number of hydrogen-bond donors (Lipinski definition) is 1. The first-order chi connectivity index (χ1) is 10.2. The van der Waals surface area contributed by atoms with Crippen LogP contribution in [-0.2, 0) is 0 Å². The van der Waals surface area contributed by atoms with Crippen LogP contribution in [0, 0.1) is 0 Å². The Kier molecular flexibility index (Phi) is 5.45. The summed E-state index contributed by atoms with van der Waals surface area (Å²) >= 11 is 0. The Morgan fingerprint density at radius 1 is 1.10 bits per heavy atom. The predicted molar refractivity (Wildman–Crippen MR) is 85.5 cm³/mol. The van der Waals surface area contributed by atoms with Crippen molar-refractivity contribution < 1.29 is 9.15 Å². The van der Waals surface area contributed by atoms with Gasteiger partial charge in [-0.15, -0.1) is 0 Å². The third kappa shape index (κ3) is 3.88. The van der Waals surface area contributed by atoms with Crippen molar-refractivity contribution in [3.05, 3.63) is 54.0 Å². The molecule has 1 aromatic heterocycles. The molecule has 0 saturated carbocycles. The molecule has 1 heterocycles. The van der Waals surface area contributed by atoms with E-state index in [9.17, 15) is 0 Å². The second kappa shape index (κ2) is 7.32. The summed E-state index contributed by atoms with van der Waals surface area (Å²) in [6.07, 6.45) is 3.37. The summed E-state index contributed by atoms with van der Waals surface area (Å²) in [5.41, 5.74) is 7.50. The lowest BCUT2D eigenvalue weighted by molar-refractivity contribution is 0.144. The minimum atomic E-state index is -0.251. The van der Waals surface area contributed by atoms with Gasteiger partial charge in [-0.3, -0.25) is 0 Å². The van der Waals surface area contributed by atoms with Gasteiger partial charge < -0.3 is 14.9 Å². The largest absolute Gasteiger partial charge is 0.481 e. The number of furan rings is 1. The van der Waals surface area contributed by atoms with E-state index in [2.05, 4.69) is 32.9 Å². The van der Waals surface area contributed by atoms with E-state index in [-0.39, 0.29) is 12.1 Å². The number of rotatable bonds is 7. The fourth-order valence-electron chi connectivity index (χ4n) is 2.28. The lowest BCUT2D eigenvalue weighted by Gasteiger charge is -2.22. The lowest BCUT2D eigenvalue weighted by Crippen LogP contribution is -2.31. The summed E-state index contributed by atoms with van der Waals surface area (Å²) in [6.45, 7) is 6.48. The quantitative estimate of drug-likeness (QED) is 0.806. The van der Waals surface area contributed by atoms with Gasteiger partial charge in [0.25, 0.3) is 0 Å². The van der Waals surface area contributed by atoms with E-state index in [1.807, 2.05) is 24.3 Å². The summed E-state index contributed by atoms with van der Waals surface area (Å²) in [5.74, 6) is 2.17. The monoisotopic (exact) mass is 287 g/mol. The number of benzene rings is 1. The standard InChI is InChI=1S/C18H25NO2/c1-4-13(3)14-8-10-15(11-9-14)21-18(16(19)5-2)17-7-6-12-20-17/h6-13,16,18H,4-5,19H2,1-3H3. The zero-order valence-electron chi connectivity index (χ0n) is 13.1. The number of nitrogens with two attached hydrogens (primary N) is 1. The van der Waals surface area contributed by atoms with E-state index in [0.717, 1.165) is 24.4 Å². The van der Waals surface area contributed by atoms with Gasteiger partial charge in [0, 0.05) is 6.04 Å². The van der Waals surface area contributed by atoms with Crippen LogP contribution in [0.15, 0.2) is 47.1 Å². The fourth-order valence-corrected chi connectivity index (χ4v) is 2.28. The summed E-state index contributed by atoms with van der Waals surface area (Å²) in [6, 6.07) is 12.0.